The minimum absolute atomic E-state index is 0.00743. The summed E-state index contributed by atoms with van der Waals surface area (Å²) in [5.41, 5.74) is 0. The van der Waals surface area contributed by atoms with Crippen molar-refractivity contribution in [2.24, 2.45) is 0 Å². The van der Waals surface area contributed by atoms with Crippen molar-refractivity contribution in [2.45, 2.75) is 77.2 Å². The Morgan fingerprint density at radius 3 is 2.43 bits per heavy atom. The maximum atomic E-state index is 12.0. The van der Waals surface area contributed by atoms with Crippen molar-refractivity contribution in [3.8, 4) is 0 Å². The number of nitrogens with zero attached hydrogens (tertiary/aromatic N) is 1. The van der Waals surface area contributed by atoms with Crippen molar-refractivity contribution in [3.63, 3.8) is 0 Å². The van der Waals surface area contributed by atoms with E-state index in [1.165, 1.54) is 51.4 Å². The lowest BCUT2D eigenvalue weighted by Crippen LogP contribution is -2.45. The highest BCUT2D eigenvalue weighted by Gasteiger charge is 2.29. The summed E-state index contributed by atoms with van der Waals surface area (Å²) in [6.45, 7) is 4.51. The maximum absolute atomic E-state index is 12.0. The van der Waals surface area contributed by atoms with Crippen molar-refractivity contribution in [2.75, 3.05) is 25.0 Å². The largest absolute Gasteiger partial charge is 0.465 e. The fourth-order valence-electron chi connectivity index (χ4n) is 3.06. The van der Waals surface area contributed by atoms with Crippen molar-refractivity contribution < 1.29 is 9.53 Å². The van der Waals surface area contributed by atoms with Gasteiger partial charge >= 0.3 is 5.97 Å². The van der Waals surface area contributed by atoms with E-state index in [-0.39, 0.29) is 12.0 Å². The quantitative estimate of drug-likeness (QED) is 0.307. The number of alkyl halides is 1. The van der Waals surface area contributed by atoms with Crippen molar-refractivity contribution >= 4 is 21.9 Å². The van der Waals surface area contributed by atoms with E-state index in [1.807, 2.05) is 6.92 Å². The number of likely N-dealkylation sites (tertiary alicyclic amines) is 1. The lowest BCUT2D eigenvalue weighted by Gasteiger charge is -2.33. The van der Waals surface area contributed by atoms with Crippen LogP contribution in [0.4, 0.5) is 0 Å². The number of carbonyl (C=O) groups excluding carboxylic acids is 1. The Morgan fingerprint density at radius 1 is 1.10 bits per heavy atom. The van der Waals surface area contributed by atoms with Crippen LogP contribution in [-0.4, -0.2) is 41.9 Å². The van der Waals surface area contributed by atoms with Gasteiger partial charge in [0, 0.05) is 5.33 Å². The predicted octanol–water partition coefficient (Wildman–Crippen LogP) is 4.53. The Balaban J connectivity index is 2.12. The summed E-state index contributed by atoms with van der Waals surface area (Å²) in [7, 11) is 0. The molecule has 1 atom stereocenters. The second-order valence-electron chi connectivity index (χ2n) is 5.96. The standard InChI is InChI=1S/C17H32BrNO2/c1-2-21-17(20)16-12-8-11-15-19(16)14-10-7-5-3-4-6-9-13-18/h16H,2-15H2,1H3. The minimum Gasteiger partial charge on any atom is -0.465 e. The Bertz CT molecular complexity index is 274. The summed E-state index contributed by atoms with van der Waals surface area (Å²) in [4.78, 5) is 14.3. The molecule has 1 unspecified atom stereocenters. The molecule has 0 amide bonds. The first kappa shape index (κ1) is 19.0. The van der Waals surface area contributed by atoms with Crippen molar-refractivity contribution in [1.82, 2.24) is 4.90 Å². The van der Waals surface area contributed by atoms with E-state index in [2.05, 4.69) is 20.8 Å². The van der Waals surface area contributed by atoms with Crippen molar-refractivity contribution in [1.29, 1.82) is 0 Å². The molecule has 0 radical (unpaired) electrons. The SMILES string of the molecule is CCOC(=O)C1CCCCN1CCCCCCCCCBr. The molecule has 1 saturated heterocycles. The van der Waals surface area contributed by atoms with E-state index < -0.39 is 0 Å². The first-order valence-electron chi connectivity index (χ1n) is 8.76. The van der Waals surface area contributed by atoms with E-state index in [1.54, 1.807) is 0 Å². The van der Waals surface area contributed by atoms with Crippen LogP contribution in [0.2, 0.25) is 0 Å². The molecule has 0 N–H and O–H groups in total. The van der Waals surface area contributed by atoms with Crippen LogP contribution in [0, 0.1) is 0 Å². The summed E-state index contributed by atoms with van der Waals surface area (Å²) in [5.74, 6) is -0.00743. The number of piperidine rings is 1. The molecule has 3 nitrogen and oxygen atoms in total. The molecule has 124 valence electrons. The lowest BCUT2D eigenvalue weighted by molar-refractivity contribution is -0.150. The van der Waals surface area contributed by atoms with Crippen LogP contribution in [-0.2, 0) is 9.53 Å². The van der Waals surface area contributed by atoms with Gasteiger partial charge in [-0.05, 0) is 45.7 Å². The van der Waals surface area contributed by atoms with Gasteiger partial charge in [0.1, 0.15) is 6.04 Å². The van der Waals surface area contributed by atoms with Gasteiger partial charge in [-0.1, -0.05) is 54.5 Å². The summed E-state index contributed by atoms with van der Waals surface area (Å²) in [5, 5.41) is 1.14. The zero-order valence-electron chi connectivity index (χ0n) is 13.6. The van der Waals surface area contributed by atoms with E-state index in [0.29, 0.717) is 6.61 Å². The smallest absolute Gasteiger partial charge is 0.323 e. The fraction of sp³-hybridized carbons (Fsp3) is 0.941. The summed E-state index contributed by atoms with van der Waals surface area (Å²) >= 11 is 3.47. The first-order chi connectivity index (χ1) is 10.3. The Hall–Kier alpha value is -0.0900. The molecule has 0 aromatic carbocycles. The average Bonchev–Trinajstić information content (AvgIpc) is 2.50. The molecular weight excluding hydrogens is 330 g/mol. The normalized spacial score (nSPS) is 19.6. The molecule has 1 aliphatic rings. The molecule has 4 heteroatoms. The highest BCUT2D eigenvalue weighted by Crippen LogP contribution is 2.19. The van der Waals surface area contributed by atoms with Crippen LogP contribution in [0.3, 0.4) is 0 Å². The number of unbranched alkanes of at least 4 members (excludes halogenated alkanes) is 6. The van der Waals surface area contributed by atoms with Crippen LogP contribution in [0.5, 0.6) is 0 Å². The molecule has 1 rings (SSSR count). The Morgan fingerprint density at radius 2 is 1.76 bits per heavy atom. The highest BCUT2D eigenvalue weighted by atomic mass is 79.9. The third-order valence-electron chi connectivity index (χ3n) is 4.25. The molecular formula is C17H32BrNO2. The van der Waals surface area contributed by atoms with E-state index >= 15 is 0 Å². The van der Waals surface area contributed by atoms with Crippen LogP contribution in [0.1, 0.15) is 71.1 Å². The van der Waals surface area contributed by atoms with E-state index in [9.17, 15) is 4.79 Å². The monoisotopic (exact) mass is 361 g/mol. The predicted molar refractivity (Wildman–Crippen MR) is 92.0 cm³/mol. The topological polar surface area (TPSA) is 29.5 Å². The summed E-state index contributed by atoms with van der Waals surface area (Å²) in [6, 6.07) is 0.0256. The second kappa shape index (κ2) is 12.5. The van der Waals surface area contributed by atoms with Gasteiger partial charge < -0.3 is 4.74 Å². The van der Waals surface area contributed by atoms with Crippen LogP contribution < -0.4 is 0 Å². The Labute approximate surface area is 138 Å². The molecule has 0 aromatic rings. The third kappa shape index (κ3) is 8.20. The molecule has 0 aromatic heterocycles. The molecule has 1 heterocycles. The third-order valence-corrected chi connectivity index (χ3v) is 4.81. The lowest BCUT2D eigenvalue weighted by atomic mass is 10.0. The second-order valence-corrected chi connectivity index (χ2v) is 6.76. The molecule has 1 fully saturated rings. The zero-order chi connectivity index (χ0) is 15.3. The van der Waals surface area contributed by atoms with Crippen LogP contribution in [0.15, 0.2) is 0 Å². The molecule has 0 saturated carbocycles. The van der Waals surface area contributed by atoms with Crippen molar-refractivity contribution in [3.05, 3.63) is 0 Å². The van der Waals surface area contributed by atoms with Crippen LogP contribution in [0.25, 0.3) is 0 Å². The van der Waals surface area contributed by atoms with Gasteiger partial charge in [-0.15, -0.1) is 0 Å². The number of esters is 1. The Kier molecular flexibility index (Phi) is 11.2. The summed E-state index contributed by atoms with van der Waals surface area (Å²) < 4.78 is 5.21. The molecule has 1 aliphatic heterocycles. The number of halogens is 1. The van der Waals surface area contributed by atoms with Gasteiger partial charge in [0.05, 0.1) is 6.61 Å². The molecule has 21 heavy (non-hydrogen) atoms. The number of hydrogen-bond acceptors (Lipinski definition) is 3. The number of rotatable bonds is 11. The number of ether oxygens (including phenoxy) is 1. The van der Waals surface area contributed by atoms with Gasteiger partial charge in [-0.2, -0.15) is 0 Å². The maximum Gasteiger partial charge on any atom is 0.323 e. The number of carbonyl (C=O) groups is 1. The first-order valence-corrected chi connectivity index (χ1v) is 9.88. The van der Waals surface area contributed by atoms with E-state index in [0.717, 1.165) is 31.3 Å². The van der Waals surface area contributed by atoms with E-state index in [4.69, 9.17) is 4.74 Å². The fourth-order valence-corrected chi connectivity index (χ4v) is 3.45. The van der Waals surface area contributed by atoms with Gasteiger partial charge in [0.2, 0.25) is 0 Å². The summed E-state index contributed by atoms with van der Waals surface area (Å²) in [6.07, 6.45) is 12.6. The minimum atomic E-state index is -0.00743. The van der Waals surface area contributed by atoms with Gasteiger partial charge in [-0.25, -0.2) is 0 Å². The molecule has 0 bridgehead atoms. The molecule has 0 spiro atoms. The highest BCUT2D eigenvalue weighted by molar-refractivity contribution is 9.09. The molecule has 0 aliphatic carbocycles. The zero-order valence-corrected chi connectivity index (χ0v) is 15.2. The van der Waals surface area contributed by atoms with Gasteiger partial charge in [-0.3, -0.25) is 9.69 Å². The van der Waals surface area contributed by atoms with Crippen LogP contribution >= 0.6 is 15.9 Å². The van der Waals surface area contributed by atoms with Gasteiger partial charge in [0.15, 0.2) is 0 Å². The number of hydrogen-bond donors (Lipinski definition) is 0. The van der Waals surface area contributed by atoms with Gasteiger partial charge in [0.25, 0.3) is 0 Å². The average molecular weight is 362 g/mol.